The molecule has 1 fully saturated rings. The Morgan fingerprint density at radius 3 is 2.74 bits per heavy atom. The van der Waals surface area contributed by atoms with E-state index < -0.39 is 23.8 Å². The summed E-state index contributed by atoms with van der Waals surface area (Å²) in [4.78, 5) is 14.5. The van der Waals surface area contributed by atoms with Crippen molar-refractivity contribution in [1.29, 1.82) is 0 Å². The molecule has 2 rings (SSSR count). The van der Waals surface area contributed by atoms with Crippen molar-refractivity contribution in [1.82, 2.24) is 4.98 Å². The number of anilines is 1. The second-order valence-corrected chi connectivity index (χ2v) is 4.53. The molecular weight excluding hydrogens is 261 g/mol. The summed E-state index contributed by atoms with van der Waals surface area (Å²) in [5.74, 6) is -1.44. The molecule has 0 amide bonds. The maximum Gasteiger partial charge on any atom is 0.433 e. The number of rotatable bonds is 3. The second-order valence-electron chi connectivity index (χ2n) is 4.53. The summed E-state index contributed by atoms with van der Waals surface area (Å²) < 4.78 is 37.5. The molecule has 19 heavy (non-hydrogen) atoms. The van der Waals surface area contributed by atoms with Crippen LogP contribution in [0.1, 0.15) is 25.0 Å². The third kappa shape index (κ3) is 3.15. The summed E-state index contributed by atoms with van der Waals surface area (Å²) in [5, 5.41) is 11.8. The van der Waals surface area contributed by atoms with Gasteiger partial charge in [0.15, 0.2) is 0 Å². The summed E-state index contributed by atoms with van der Waals surface area (Å²) in [5.41, 5.74) is -0.984. The van der Waals surface area contributed by atoms with Gasteiger partial charge in [-0.15, -0.1) is 0 Å². The average molecular weight is 274 g/mol. The van der Waals surface area contributed by atoms with Crippen LogP contribution in [0.4, 0.5) is 19.0 Å². The normalized spacial score (nSPS) is 23.3. The summed E-state index contributed by atoms with van der Waals surface area (Å²) in [6.07, 6.45) is -2.60. The lowest BCUT2D eigenvalue weighted by atomic mass is 10.0. The largest absolute Gasteiger partial charge is 0.481 e. The van der Waals surface area contributed by atoms with Gasteiger partial charge in [-0.2, -0.15) is 13.2 Å². The number of hydrogen-bond acceptors (Lipinski definition) is 3. The number of hydrogen-bond donors (Lipinski definition) is 2. The van der Waals surface area contributed by atoms with Gasteiger partial charge in [-0.25, -0.2) is 4.98 Å². The van der Waals surface area contributed by atoms with Crippen LogP contribution in [0.15, 0.2) is 18.2 Å². The van der Waals surface area contributed by atoms with Crippen LogP contribution >= 0.6 is 0 Å². The van der Waals surface area contributed by atoms with Crippen molar-refractivity contribution in [2.75, 3.05) is 5.32 Å². The topological polar surface area (TPSA) is 62.2 Å². The van der Waals surface area contributed by atoms with E-state index in [1.54, 1.807) is 0 Å². The van der Waals surface area contributed by atoms with Crippen molar-refractivity contribution in [2.45, 2.75) is 31.5 Å². The molecule has 1 aliphatic carbocycles. The van der Waals surface area contributed by atoms with Crippen molar-refractivity contribution < 1.29 is 23.1 Å². The van der Waals surface area contributed by atoms with E-state index in [1.807, 2.05) is 0 Å². The number of carbonyl (C=O) groups is 1. The Morgan fingerprint density at radius 1 is 1.37 bits per heavy atom. The first kappa shape index (κ1) is 13.6. The summed E-state index contributed by atoms with van der Waals surface area (Å²) in [6.45, 7) is 0. The second kappa shape index (κ2) is 5.07. The van der Waals surface area contributed by atoms with E-state index in [2.05, 4.69) is 10.3 Å². The molecule has 0 aliphatic heterocycles. The molecule has 0 saturated heterocycles. The van der Waals surface area contributed by atoms with Crippen LogP contribution in [0.5, 0.6) is 0 Å². The van der Waals surface area contributed by atoms with Gasteiger partial charge >= 0.3 is 12.1 Å². The third-order valence-electron chi connectivity index (χ3n) is 3.21. The van der Waals surface area contributed by atoms with Crippen LogP contribution in [0.25, 0.3) is 0 Å². The molecular formula is C12H13F3N2O2. The SMILES string of the molecule is O=C(O)C1CCCC1Nc1cccc(C(F)(F)F)n1. The Bertz CT molecular complexity index is 476. The number of pyridine rings is 1. The van der Waals surface area contributed by atoms with Gasteiger partial charge in [0.25, 0.3) is 0 Å². The summed E-state index contributed by atoms with van der Waals surface area (Å²) >= 11 is 0. The van der Waals surface area contributed by atoms with Crippen molar-refractivity contribution in [3.05, 3.63) is 23.9 Å². The number of aliphatic carboxylic acids is 1. The first-order chi connectivity index (χ1) is 8.88. The zero-order valence-corrected chi connectivity index (χ0v) is 9.94. The molecule has 0 aromatic carbocycles. The lowest BCUT2D eigenvalue weighted by molar-refractivity contribution is -0.142. The lowest BCUT2D eigenvalue weighted by Crippen LogP contribution is -2.30. The van der Waals surface area contributed by atoms with Gasteiger partial charge in [0.1, 0.15) is 11.5 Å². The fourth-order valence-electron chi connectivity index (χ4n) is 2.29. The van der Waals surface area contributed by atoms with Gasteiger partial charge in [0, 0.05) is 6.04 Å². The molecule has 0 radical (unpaired) electrons. The monoisotopic (exact) mass is 274 g/mol. The van der Waals surface area contributed by atoms with Crippen LogP contribution in [0.3, 0.4) is 0 Å². The van der Waals surface area contributed by atoms with Gasteiger partial charge in [0.2, 0.25) is 0 Å². The molecule has 1 aromatic heterocycles. The Hall–Kier alpha value is -1.79. The van der Waals surface area contributed by atoms with E-state index in [4.69, 9.17) is 5.11 Å². The van der Waals surface area contributed by atoms with E-state index in [9.17, 15) is 18.0 Å². The Morgan fingerprint density at radius 2 is 2.11 bits per heavy atom. The molecule has 1 heterocycles. The van der Waals surface area contributed by atoms with Crippen molar-refractivity contribution in [2.24, 2.45) is 5.92 Å². The quantitative estimate of drug-likeness (QED) is 0.889. The highest BCUT2D eigenvalue weighted by Crippen LogP contribution is 2.31. The number of aromatic nitrogens is 1. The Kier molecular flexibility index (Phi) is 3.64. The predicted octanol–water partition coefficient (Wildman–Crippen LogP) is 2.77. The van der Waals surface area contributed by atoms with Gasteiger partial charge in [-0.1, -0.05) is 12.5 Å². The summed E-state index contributed by atoms with van der Waals surface area (Å²) in [7, 11) is 0. The average Bonchev–Trinajstić information content (AvgIpc) is 2.76. The molecule has 2 unspecified atom stereocenters. The maximum absolute atomic E-state index is 12.5. The van der Waals surface area contributed by atoms with Crippen LogP contribution in [-0.4, -0.2) is 22.1 Å². The van der Waals surface area contributed by atoms with Gasteiger partial charge in [-0.3, -0.25) is 4.79 Å². The number of nitrogens with zero attached hydrogens (tertiary/aromatic N) is 1. The van der Waals surface area contributed by atoms with Crippen molar-refractivity contribution >= 4 is 11.8 Å². The standard InChI is InChI=1S/C12H13F3N2O2/c13-12(14,15)9-5-2-6-10(17-9)16-8-4-1-3-7(8)11(18)19/h2,5-8H,1,3-4H2,(H,16,17)(H,18,19). The Balaban J connectivity index is 2.13. The maximum atomic E-state index is 12.5. The molecule has 4 nitrogen and oxygen atoms in total. The minimum atomic E-state index is -4.50. The van der Waals surface area contributed by atoms with E-state index in [0.717, 1.165) is 12.5 Å². The number of alkyl halides is 3. The number of carboxylic acid groups (broad SMARTS) is 1. The van der Waals surface area contributed by atoms with E-state index >= 15 is 0 Å². The minimum absolute atomic E-state index is 0.0629. The van der Waals surface area contributed by atoms with Crippen LogP contribution in [-0.2, 0) is 11.0 Å². The molecule has 1 saturated carbocycles. The van der Waals surface area contributed by atoms with E-state index in [-0.39, 0.29) is 11.9 Å². The highest BCUT2D eigenvalue weighted by Gasteiger charge is 2.35. The smallest absolute Gasteiger partial charge is 0.433 e. The van der Waals surface area contributed by atoms with Gasteiger partial charge < -0.3 is 10.4 Å². The molecule has 0 spiro atoms. The molecule has 2 N–H and O–H groups in total. The molecule has 1 aliphatic rings. The lowest BCUT2D eigenvalue weighted by Gasteiger charge is -2.18. The number of carboxylic acids is 1. The number of nitrogens with one attached hydrogen (secondary N) is 1. The molecule has 7 heteroatoms. The molecule has 104 valence electrons. The minimum Gasteiger partial charge on any atom is -0.481 e. The third-order valence-corrected chi connectivity index (χ3v) is 3.21. The van der Waals surface area contributed by atoms with Gasteiger partial charge in [-0.05, 0) is 25.0 Å². The Labute approximate surface area is 107 Å². The fourth-order valence-corrected chi connectivity index (χ4v) is 2.29. The predicted molar refractivity (Wildman–Crippen MR) is 61.6 cm³/mol. The van der Waals surface area contributed by atoms with E-state index in [1.165, 1.54) is 12.1 Å². The van der Waals surface area contributed by atoms with Crippen molar-refractivity contribution in [3.63, 3.8) is 0 Å². The molecule has 0 bridgehead atoms. The van der Waals surface area contributed by atoms with E-state index in [0.29, 0.717) is 12.8 Å². The molecule has 2 atom stereocenters. The first-order valence-corrected chi connectivity index (χ1v) is 5.91. The molecule has 1 aromatic rings. The fraction of sp³-hybridized carbons (Fsp3) is 0.500. The van der Waals surface area contributed by atoms with Crippen LogP contribution in [0.2, 0.25) is 0 Å². The highest BCUT2D eigenvalue weighted by atomic mass is 19.4. The van der Waals surface area contributed by atoms with Gasteiger partial charge in [0.05, 0.1) is 5.92 Å². The first-order valence-electron chi connectivity index (χ1n) is 5.91. The zero-order valence-electron chi connectivity index (χ0n) is 9.94. The highest BCUT2D eigenvalue weighted by molar-refractivity contribution is 5.72. The van der Waals surface area contributed by atoms with Crippen molar-refractivity contribution in [3.8, 4) is 0 Å². The summed E-state index contributed by atoms with van der Waals surface area (Å²) in [6, 6.07) is 3.18. The van der Waals surface area contributed by atoms with Crippen LogP contribution in [0, 0.1) is 5.92 Å². The zero-order chi connectivity index (χ0) is 14.0. The number of halogens is 3. The van der Waals surface area contributed by atoms with Crippen LogP contribution < -0.4 is 5.32 Å².